The fraction of sp³-hybridized carbons (Fsp3) is 0.250. The Kier molecular flexibility index (Phi) is 4.94. The van der Waals surface area contributed by atoms with Gasteiger partial charge in [0.25, 0.3) is 0 Å². The molecule has 3 heteroatoms. The van der Waals surface area contributed by atoms with Crippen LogP contribution in [0.4, 0.5) is 4.39 Å². The normalized spacial score (nSPS) is 12.4. The van der Waals surface area contributed by atoms with Gasteiger partial charge in [0.05, 0.1) is 5.02 Å². The van der Waals surface area contributed by atoms with Crippen LogP contribution in [0.1, 0.15) is 11.1 Å². The zero-order chi connectivity index (χ0) is 13.7. The lowest BCUT2D eigenvalue weighted by molar-refractivity contribution is 0.532. The van der Waals surface area contributed by atoms with Gasteiger partial charge in [-0.15, -0.1) is 0 Å². The lowest BCUT2D eigenvalue weighted by atomic mass is 9.93. The molecule has 2 aromatic carbocycles. The van der Waals surface area contributed by atoms with Crippen molar-refractivity contribution in [2.45, 2.75) is 12.8 Å². The Hall–Kier alpha value is -1.38. The van der Waals surface area contributed by atoms with Crippen LogP contribution in [0.15, 0.2) is 48.5 Å². The number of benzene rings is 2. The molecule has 0 bridgehead atoms. The third-order valence-electron chi connectivity index (χ3n) is 3.21. The van der Waals surface area contributed by atoms with Crippen molar-refractivity contribution in [1.82, 2.24) is 0 Å². The number of halogens is 2. The van der Waals surface area contributed by atoms with Crippen LogP contribution < -0.4 is 5.73 Å². The van der Waals surface area contributed by atoms with E-state index in [4.69, 9.17) is 17.3 Å². The summed E-state index contributed by atoms with van der Waals surface area (Å²) in [6.45, 7) is 0.601. The molecular formula is C16H17ClFN. The van der Waals surface area contributed by atoms with E-state index in [1.165, 1.54) is 11.6 Å². The van der Waals surface area contributed by atoms with Gasteiger partial charge in [0.1, 0.15) is 5.82 Å². The summed E-state index contributed by atoms with van der Waals surface area (Å²) in [6.07, 6.45) is 1.73. The minimum Gasteiger partial charge on any atom is -0.330 e. The first-order valence-corrected chi connectivity index (χ1v) is 6.74. The topological polar surface area (TPSA) is 26.0 Å². The van der Waals surface area contributed by atoms with E-state index in [9.17, 15) is 4.39 Å². The Balaban J connectivity index is 2.04. The highest BCUT2D eigenvalue weighted by molar-refractivity contribution is 6.30. The Bertz CT molecular complexity index is 528. The molecule has 0 aliphatic carbocycles. The molecule has 0 spiro atoms. The summed E-state index contributed by atoms with van der Waals surface area (Å²) in [7, 11) is 0. The molecule has 2 N–H and O–H groups in total. The fourth-order valence-electron chi connectivity index (χ4n) is 2.19. The molecule has 0 saturated heterocycles. The van der Waals surface area contributed by atoms with Crippen LogP contribution in [-0.2, 0) is 12.8 Å². The highest BCUT2D eigenvalue weighted by atomic mass is 35.5. The molecule has 0 aliphatic rings. The predicted molar refractivity (Wildman–Crippen MR) is 77.8 cm³/mol. The minimum absolute atomic E-state index is 0.174. The average Bonchev–Trinajstić information content (AvgIpc) is 2.43. The Morgan fingerprint density at radius 2 is 1.68 bits per heavy atom. The highest BCUT2D eigenvalue weighted by Gasteiger charge is 2.10. The van der Waals surface area contributed by atoms with Gasteiger partial charge in [0, 0.05) is 0 Å². The molecule has 0 aromatic heterocycles. The van der Waals surface area contributed by atoms with E-state index in [0.29, 0.717) is 12.5 Å². The first-order valence-electron chi connectivity index (χ1n) is 6.37. The molecule has 100 valence electrons. The van der Waals surface area contributed by atoms with Crippen molar-refractivity contribution in [2.75, 3.05) is 6.54 Å². The second kappa shape index (κ2) is 6.69. The summed E-state index contributed by atoms with van der Waals surface area (Å²) in [5.41, 5.74) is 8.12. The molecule has 0 amide bonds. The van der Waals surface area contributed by atoms with E-state index in [1.54, 1.807) is 12.1 Å². The van der Waals surface area contributed by atoms with Gasteiger partial charge in [-0.2, -0.15) is 0 Å². The Labute approximate surface area is 118 Å². The molecular weight excluding hydrogens is 261 g/mol. The molecule has 1 unspecified atom stereocenters. The average molecular weight is 278 g/mol. The van der Waals surface area contributed by atoms with E-state index in [0.717, 1.165) is 18.4 Å². The summed E-state index contributed by atoms with van der Waals surface area (Å²) >= 11 is 5.79. The van der Waals surface area contributed by atoms with Crippen LogP contribution >= 0.6 is 11.6 Å². The Morgan fingerprint density at radius 1 is 1.00 bits per heavy atom. The fourth-order valence-corrected chi connectivity index (χ4v) is 2.39. The van der Waals surface area contributed by atoms with Gasteiger partial charge in [0.15, 0.2) is 0 Å². The van der Waals surface area contributed by atoms with Crippen LogP contribution in [0, 0.1) is 11.7 Å². The summed E-state index contributed by atoms with van der Waals surface area (Å²) in [6, 6.07) is 15.1. The van der Waals surface area contributed by atoms with Gasteiger partial charge in [-0.1, -0.05) is 48.0 Å². The summed E-state index contributed by atoms with van der Waals surface area (Å²) in [5.74, 6) is -0.0401. The zero-order valence-corrected chi connectivity index (χ0v) is 11.4. The monoisotopic (exact) mass is 277 g/mol. The van der Waals surface area contributed by atoms with Crippen LogP contribution in [0.3, 0.4) is 0 Å². The third-order valence-corrected chi connectivity index (χ3v) is 3.50. The second-order valence-corrected chi connectivity index (χ2v) is 5.15. The van der Waals surface area contributed by atoms with Gasteiger partial charge in [-0.3, -0.25) is 0 Å². The van der Waals surface area contributed by atoms with Crippen LogP contribution in [-0.4, -0.2) is 6.54 Å². The maximum Gasteiger partial charge on any atom is 0.141 e. The number of nitrogens with two attached hydrogens (primary N) is 1. The van der Waals surface area contributed by atoms with Crippen molar-refractivity contribution in [2.24, 2.45) is 11.7 Å². The maximum atomic E-state index is 13.1. The molecule has 0 heterocycles. The van der Waals surface area contributed by atoms with Gasteiger partial charge in [-0.05, 0) is 48.6 Å². The highest BCUT2D eigenvalue weighted by Crippen LogP contribution is 2.19. The summed E-state index contributed by atoms with van der Waals surface area (Å²) < 4.78 is 13.1. The number of hydrogen-bond acceptors (Lipinski definition) is 1. The molecule has 1 atom stereocenters. The van der Waals surface area contributed by atoms with Crippen molar-refractivity contribution in [3.8, 4) is 0 Å². The van der Waals surface area contributed by atoms with Gasteiger partial charge < -0.3 is 5.73 Å². The van der Waals surface area contributed by atoms with Crippen molar-refractivity contribution in [3.05, 3.63) is 70.5 Å². The Morgan fingerprint density at radius 3 is 2.32 bits per heavy atom. The van der Waals surface area contributed by atoms with Gasteiger partial charge in [-0.25, -0.2) is 4.39 Å². The molecule has 19 heavy (non-hydrogen) atoms. The first-order chi connectivity index (χ1) is 9.19. The lowest BCUT2D eigenvalue weighted by Crippen LogP contribution is -2.19. The third kappa shape index (κ3) is 4.05. The van der Waals surface area contributed by atoms with Crippen LogP contribution in [0.25, 0.3) is 0 Å². The van der Waals surface area contributed by atoms with Crippen molar-refractivity contribution in [1.29, 1.82) is 0 Å². The molecule has 0 radical (unpaired) electrons. The quantitative estimate of drug-likeness (QED) is 0.883. The molecule has 1 nitrogen and oxygen atoms in total. The van der Waals surface area contributed by atoms with Gasteiger partial charge >= 0.3 is 0 Å². The van der Waals surface area contributed by atoms with Gasteiger partial charge in [0.2, 0.25) is 0 Å². The van der Waals surface area contributed by atoms with E-state index >= 15 is 0 Å². The first kappa shape index (κ1) is 14.0. The smallest absolute Gasteiger partial charge is 0.141 e. The lowest BCUT2D eigenvalue weighted by Gasteiger charge is -2.15. The van der Waals surface area contributed by atoms with Crippen molar-refractivity contribution >= 4 is 11.6 Å². The second-order valence-electron chi connectivity index (χ2n) is 4.74. The molecule has 0 aliphatic heterocycles. The molecule has 0 fully saturated rings. The summed E-state index contributed by atoms with van der Waals surface area (Å²) in [4.78, 5) is 0. The molecule has 2 rings (SSSR count). The maximum absolute atomic E-state index is 13.1. The van der Waals surface area contributed by atoms with E-state index in [2.05, 4.69) is 12.1 Å². The van der Waals surface area contributed by atoms with E-state index < -0.39 is 0 Å². The van der Waals surface area contributed by atoms with E-state index in [-0.39, 0.29) is 10.8 Å². The van der Waals surface area contributed by atoms with Crippen LogP contribution in [0.2, 0.25) is 5.02 Å². The van der Waals surface area contributed by atoms with Crippen molar-refractivity contribution in [3.63, 3.8) is 0 Å². The predicted octanol–water partition coefficient (Wildman–Crippen LogP) is 3.84. The zero-order valence-electron chi connectivity index (χ0n) is 10.7. The van der Waals surface area contributed by atoms with Crippen LogP contribution in [0.5, 0.6) is 0 Å². The molecule has 0 saturated carbocycles. The number of rotatable bonds is 5. The molecule has 2 aromatic rings. The summed E-state index contributed by atoms with van der Waals surface area (Å²) in [5, 5.41) is 0.174. The standard InChI is InChI=1S/C16H17ClFN/c17-15-10-13(6-7-16(15)18)9-14(11-19)8-12-4-2-1-3-5-12/h1-7,10,14H,8-9,11,19H2. The van der Waals surface area contributed by atoms with E-state index in [1.807, 2.05) is 18.2 Å². The number of hydrogen-bond donors (Lipinski definition) is 1. The largest absolute Gasteiger partial charge is 0.330 e. The van der Waals surface area contributed by atoms with Crippen molar-refractivity contribution < 1.29 is 4.39 Å². The SMILES string of the molecule is NCC(Cc1ccccc1)Cc1ccc(F)c(Cl)c1. The minimum atomic E-state index is -0.377.